The van der Waals surface area contributed by atoms with Gasteiger partial charge in [-0.05, 0) is 54.5 Å². The summed E-state index contributed by atoms with van der Waals surface area (Å²) in [5.41, 5.74) is 0.884. The minimum absolute atomic E-state index is 0.0660. The summed E-state index contributed by atoms with van der Waals surface area (Å²) in [5.74, 6) is 0.701. The number of hydrogen-bond acceptors (Lipinski definition) is 7. The first-order valence-corrected chi connectivity index (χ1v) is 11.3. The Morgan fingerprint density at radius 3 is 2.50 bits per heavy atom. The Morgan fingerprint density at radius 1 is 1.07 bits per heavy atom. The van der Waals surface area contributed by atoms with Gasteiger partial charge in [0.05, 0.1) is 16.0 Å². The van der Waals surface area contributed by atoms with Crippen LogP contribution >= 0.6 is 11.8 Å². The number of hydrogen-bond donors (Lipinski definition) is 0. The second-order valence-electron chi connectivity index (χ2n) is 6.49. The van der Waals surface area contributed by atoms with Crippen LogP contribution in [-0.2, 0) is 10.0 Å². The van der Waals surface area contributed by atoms with Gasteiger partial charge in [-0.1, -0.05) is 30.0 Å². The number of sulfonamides is 1. The van der Waals surface area contributed by atoms with Gasteiger partial charge in [0.2, 0.25) is 10.0 Å². The van der Waals surface area contributed by atoms with E-state index < -0.39 is 10.0 Å². The summed E-state index contributed by atoms with van der Waals surface area (Å²) >= 11 is 1.48. The molecule has 1 fully saturated rings. The maximum atomic E-state index is 12.6. The zero-order chi connectivity index (χ0) is 19.6. The highest BCUT2D eigenvalue weighted by atomic mass is 32.2. The van der Waals surface area contributed by atoms with Gasteiger partial charge >= 0.3 is 0 Å². The summed E-state index contributed by atoms with van der Waals surface area (Å²) < 4.78 is 28.4. The Balaban J connectivity index is 1.50. The van der Waals surface area contributed by atoms with Gasteiger partial charge in [0, 0.05) is 19.3 Å². The lowest BCUT2D eigenvalue weighted by Gasteiger charge is -2.15. The third-order valence-corrected chi connectivity index (χ3v) is 7.50. The number of para-hydroxylation sites is 1. The maximum absolute atomic E-state index is 12.6. The van der Waals surface area contributed by atoms with Gasteiger partial charge in [-0.2, -0.15) is 8.99 Å². The maximum Gasteiger partial charge on any atom is 0.244 e. The van der Waals surface area contributed by atoms with Gasteiger partial charge in [0.25, 0.3) is 0 Å². The van der Waals surface area contributed by atoms with Crippen LogP contribution in [0.1, 0.15) is 30.8 Å². The quantitative estimate of drug-likeness (QED) is 0.570. The molecule has 1 aromatic carbocycles. The number of tetrazole rings is 1. The molecule has 10 heteroatoms. The van der Waals surface area contributed by atoms with E-state index in [9.17, 15) is 8.42 Å². The lowest BCUT2D eigenvalue weighted by Crippen LogP contribution is -2.27. The van der Waals surface area contributed by atoms with E-state index >= 15 is 0 Å². The van der Waals surface area contributed by atoms with Crippen LogP contribution in [-0.4, -0.2) is 51.0 Å². The van der Waals surface area contributed by atoms with Gasteiger partial charge in [-0.25, -0.2) is 13.4 Å². The fraction of sp³-hybridized carbons (Fsp3) is 0.333. The van der Waals surface area contributed by atoms with Crippen LogP contribution in [0, 0.1) is 0 Å². The van der Waals surface area contributed by atoms with Crippen LogP contribution in [0.5, 0.6) is 0 Å². The Bertz CT molecular complexity index is 1030. The van der Waals surface area contributed by atoms with E-state index in [4.69, 9.17) is 0 Å². The molecule has 146 valence electrons. The second kappa shape index (κ2) is 7.98. The monoisotopic (exact) mass is 416 g/mol. The minimum Gasteiger partial charge on any atom is -0.249 e. The molecule has 28 heavy (non-hydrogen) atoms. The molecule has 0 N–H and O–H groups in total. The highest BCUT2D eigenvalue weighted by molar-refractivity contribution is 7.99. The molecule has 0 aliphatic carbocycles. The third-order valence-electron chi connectivity index (χ3n) is 4.57. The highest BCUT2D eigenvalue weighted by Gasteiger charge is 2.27. The van der Waals surface area contributed by atoms with Crippen LogP contribution in [0.15, 0.2) is 58.6 Å². The SMILES string of the molecule is C[C@@H](Sc1ccc(S(=O)(=O)N2CCCC2)cn1)c1nnnn1-c1ccccc1. The number of thioether (sulfide) groups is 1. The Morgan fingerprint density at radius 2 is 1.82 bits per heavy atom. The van der Waals surface area contributed by atoms with Crippen molar-refractivity contribution in [3.05, 3.63) is 54.5 Å². The molecule has 1 aliphatic heterocycles. The lowest BCUT2D eigenvalue weighted by molar-refractivity contribution is 0.477. The van der Waals surface area contributed by atoms with Gasteiger partial charge in [-0.3, -0.25) is 0 Å². The molecule has 0 radical (unpaired) electrons. The number of nitrogens with zero attached hydrogens (tertiary/aromatic N) is 6. The van der Waals surface area contributed by atoms with E-state index in [2.05, 4.69) is 20.5 Å². The summed E-state index contributed by atoms with van der Waals surface area (Å²) in [6.07, 6.45) is 3.26. The first-order chi connectivity index (χ1) is 13.6. The van der Waals surface area contributed by atoms with E-state index in [1.54, 1.807) is 16.8 Å². The van der Waals surface area contributed by atoms with Crippen molar-refractivity contribution >= 4 is 21.8 Å². The van der Waals surface area contributed by atoms with Crippen LogP contribution < -0.4 is 0 Å². The molecule has 4 rings (SSSR count). The van der Waals surface area contributed by atoms with Crippen molar-refractivity contribution in [3.63, 3.8) is 0 Å². The fourth-order valence-electron chi connectivity index (χ4n) is 3.10. The van der Waals surface area contributed by atoms with Crippen LogP contribution in [0.4, 0.5) is 0 Å². The molecule has 3 aromatic rings. The molecule has 2 aromatic heterocycles. The number of aromatic nitrogens is 5. The van der Waals surface area contributed by atoms with E-state index in [0.29, 0.717) is 18.9 Å². The molecule has 8 nitrogen and oxygen atoms in total. The molecule has 0 bridgehead atoms. The molecule has 0 unspecified atom stereocenters. The zero-order valence-corrected chi connectivity index (χ0v) is 17.0. The van der Waals surface area contributed by atoms with Crippen molar-refractivity contribution in [2.45, 2.75) is 34.9 Å². The van der Waals surface area contributed by atoms with Gasteiger partial charge in [0.1, 0.15) is 4.90 Å². The molecular formula is C18H20N6O2S2. The van der Waals surface area contributed by atoms with E-state index in [1.807, 2.05) is 37.3 Å². The van der Waals surface area contributed by atoms with E-state index in [-0.39, 0.29) is 10.1 Å². The summed E-state index contributed by atoms with van der Waals surface area (Å²) in [7, 11) is -3.44. The zero-order valence-electron chi connectivity index (χ0n) is 15.3. The van der Waals surface area contributed by atoms with E-state index in [0.717, 1.165) is 23.6 Å². The van der Waals surface area contributed by atoms with Crippen molar-refractivity contribution in [2.75, 3.05) is 13.1 Å². The van der Waals surface area contributed by atoms with Crippen molar-refractivity contribution < 1.29 is 8.42 Å². The largest absolute Gasteiger partial charge is 0.249 e. The molecular weight excluding hydrogens is 396 g/mol. The minimum atomic E-state index is -3.44. The predicted octanol–water partition coefficient (Wildman–Crippen LogP) is 2.70. The molecule has 1 atom stereocenters. The Labute approximate surface area is 168 Å². The van der Waals surface area contributed by atoms with E-state index in [1.165, 1.54) is 22.3 Å². The molecule has 0 saturated carbocycles. The van der Waals surface area contributed by atoms with Crippen molar-refractivity contribution in [2.24, 2.45) is 0 Å². The normalized spacial score (nSPS) is 16.3. The second-order valence-corrected chi connectivity index (χ2v) is 9.79. The van der Waals surface area contributed by atoms with Gasteiger partial charge in [0.15, 0.2) is 5.82 Å². The standard InChI is InChI=1S/C18H20N6O2S2/c1-14(18-20-21-22-24(18)15-7-3-2-4-8-15)27-17-10-9-16(13-19-17)28(25,26)23-11-5-6-12-23/h2-4,7-10,13-14H,5-6,11-12H2,1H3/t14-/m1/s1. The fourth-order valence-corrected chi connectivity index (χ4v) is 5.44. The predicted molar refractivity (Wildman–Crippen MR) is 106 cm³/mol. The molecule has 1 aliphatic rings. The van der Waals surface area contributed by atoms with Crippen molar-refractivity contribution in [1.29, 1.82) is 0 Å². The van der Waals surface area contributed by atoms with Gasteiger partial charge < -0.3 is 0 Å². The van der Waals surface area contributed by atoms with Crippen LogP contribution in [0.25, 0.3) is 5.69 Å². The lowest BCUT2D eigenvalue weighted by atomic mass is 10.3. The first kappa shape index (κ1) is 19.0. The summed E-state index contributed by atoms with van der Waals surface area (Å²) in [5, 5.41) is 12.7. The first-order valence-electron chi connectivity index (χ1n) is 9.02. The van der Waals surface area contributed by atoms with Crippen molar-refractivity contribution in [3.8, 4) is 5.69 Å². The summed E-state index contributed by atoms with van der Waals surface area (Å²) in [4.78, 5) is 4.58. The average Bonchev–Trinajstić information content (AvgIpc) is 3.41. The molecule has 0 spiro atoms. The third kappa shape index (κ3) is 3.80. The topological polar surface area (TPSA) is 93.9 Å². The van der Waals surface area contributed by atoms with Crippen LogP contribution in [0.3, 0.4) is 0 Å². The molecule has 3 heterocycles. The van der Waals surface area contributed by atoms with Crippen molar-refractivity contribution in [1.82, 2.24) is 29.5 Å². The average molecular weight is 417 g/mol. The smallest absolute Gasteiger partial charge is 0.244 e. The number of benzene rings is 1. The molecule has 1 saturated heterocycles. The number of pyridine rings is 1. The summed E-state index contributed by atoms with van der Waals surface area (Å²) in [6.45, 7) is 3.16. The molecule has 0 amide bonds. The Hall–Kier alpha value is -2.30. The highest BCUT2D eigenvalue weighted by Crippen LogP contribution is 2.33. The summed E-state index contributed by atoms with van der Waals surface area (Å²) in [6, 6.07) is 13.0. The Kier molecular flexibility index (Phi) is 5.42. The van der Waals surface area contributed by atoms with Gasteiger partial charge in [-0.15, -0.1) is 5.10 Å². The van der Waals surface area contributed by atoms with Crippen LogP contribution in [0.2, 0.25) is 0 Å². The number of rotatable bonds is 6.